The van der Waals surface area contributed by atoms with Gasteiger partial charge in [0, 0.05) is 0 Å². The molecule has 0 rings (SSSR count). The molecule has 0 saturated heterocycles. The van der Waals surface area contributed by atoms with Crippen LogP contribution in [0.1, 0.15) is 0 Å². The average molecular weight is 276 g/mol. The van der Waals surface area contributed by atoms with Gasteiger partial charge >= 0.3 is 7.82 Å². The number of aliphatic hydroxyl groups is 4. The van der Waals surface area contributed by atoms with Crippen molar-refractivity contribution in [3.8, 4) is 0 Å². The fourth-order valence-corrected chi connectivity index (χ4v) is 1.33. The van der Waals surface area contributed by atoms with Crippen molar-refractivity contribution in [2.24, 2.45) is 0 Å². The van der Waals surface area contributed by atoms with Crippen molar-refractivity contribution in [2.75, 3.05) is 13.2 Å². The second-order valence-corrected chi connectivity index (χ2v) is 4.68. The molecule has 0 radical (unpaired) electrons. The summed E-state index contributed by atoms with van der Waals surface area (Å²) in [5.74, 6) is 0. The van der Waals surface area contributed by atoms with E-state index in [-0.39, 0.29) is 0 Å². The molecule has 0 unspecified atom stereocenters. The summed E-state index contributed by atoms with van der Waals surface area (Å²) < 4.78 is 14.3. The van der Waals surface area contributed by atoms with E-state index >= 15 is 0 Å². The van der Waals surface area contributed by atoms with Crippen molar-refractivity contribution in [1.29, 1.82) is 0 Å². The zero-order chi connectivity index (χ0) is 12.9. The van der Waals surface area contributed by atoms with Crippen LogP contribution in [0.4, 0.5) is 0 Å². The molecule has 0 saturated carbocycles. The molecule has 6 N–H and O–H groups in total. The van der Waals surface area contributed by atoms with Gasteiger partial charge in [-0.2, -0.15) is 0 Å². The first kappa shape index (κ1) is 16.0. The Labute approximate surface area is 96.4 Å². The average Bonchev–Trinajstić information content (AvgIpc) is 2.21. The number of aliphatic hydroxyl groups excluding tert-OH is 4. The zero-order valence-electron chi connectivity index (χ0n) is 8.00. The van der Waals surface area contributed by atoms with E-state index in [9.17, 15) is 14.8 Å². The minimum Gasteiger partial charge on any atom is -0.394 e. The lowest BCUT2D eigenvalue weighted by Gasteiger charge is -2.22. The van der Waals surface area contributed by atoms with E-state index < -0.39 is 44.2 Å². The Hall–Kier alpha value is 0.0400. The van der Waals surface area contributed by atoms with Gasteiger partial charge in [-0.1, -0.05) is 12.2 Å². The van der Waals surface area contributed by atoms with Crippen LogP contribution in [0.15, 0.2) is 0 Å². The van der Waals surface area contributed by atoms with Crippen LogP contribution >= 0.6 is 20.0 Å². The van der Waals surface area contributed by atoms with E-state index in [0.717, 1.165) is 0 Å². The number of phosphoric acid groups is 1. The van der Waals surface area contributed by atoms with Gasteiger partial charge in [-0.25, -0.2) is 4.57 Å². The molecule has 0 heterocycles. The Morgan fingerprint density at radius 2 is 1.81 bits per heavy atom. The third-order valence-corrected chi connectivity index (χ3v) is 2.43. The molecule has 10 heteroatoms. The summed E-state index contributed by atoms with van der Waals surface area (Å²) >= 11 is 4.52. The predicted octanol–water partition coefficient (Wildman–Crippen LogP) is -2.46. The molecule has 0 aliphatic carbocycles. The fraction of sp³-hybridized carbons (Fsp3) is 0.833. The van der Waals surface area contributed by atoms with Gasteiger partial charge in [-0.15, -0.1) is 0 Å². The number of thiocarbonyl (C=S) groups is 1. The Bertz CT molecular complexity index is 278. The van der Waals surface area contributed by atoms with Crippen molar-refractivity contribution in [3.05, 3.63) is 0 Å². The molecular formula is C6H13O8PS. The number of hydrogen-bond donors (Lipinski definition) is 6. The third kappa shape index (κ3) is 5.94. The van der Waals surface area contributed by atoms with E-state index in [1.165, 1.54) is 0 Å². The molecule has 0 aliphatic heterocycles. The number of phosphoric ester groups is 1. The van der Waals surface area contributed by atoms with E-state index in [1.54, 1.807) is 0 Å². The minimum absolute atomic E-state index is 0.400. The van der Waals surface area contributed by atoms with Crippen LogP contribution in [0, 0.1) is 0 Å². The second kappa shape index (κ2) is 6.70. The molecule has 0 bridgehead atoms. The molecular weight excluding hydrogens is 263 g/mol. The highest BCUT2D eigenvalue weighted by atomic mass is 32.1. The Kier molecular flexibility index (Phi) is 6.71. The van der Waals surface area contributed by atoms with Gasteiger partial charge < -0.3 is 30.2 Å². The summed E-state index contributed by atoms with van der Waals surface area (Å²) in [6, 6.07) is 0. The van der Waals surface area contributed by atoms with Crippen LogP contribution in [-0.2, 0) is 9.09 Å². The smallest absolute Gasteiger partial charge is 0.394 e. The van der Waals surface area contributed by atoms with Gasteiger partial charge in [0.1, 0.15) is 18.3 Å². The van der Waals surface area contributed by atoms with Crippen LogP contribution in [0.5, 0.6) is 0 Å². The zero-order valence-corrected chi connectivity index (χ0v) is 9.71. The lowest BCUT2D eigenvalue weighted by atomic mass is 10.1. The third-order valence-electron chi connectivity index (χ3n) is 1.61. The van der Waals surface area contributed by atoms with Gasteiger partial charge in [0.2, 0.25) is 0 Å². The van der Waals surface area contributed by atoms with Crippen molar-refractivity contribution >= 4 is 24.9 Å². The topological polar surface area (TPSA) is 148 Å². The van der Waals surface area contributed by atoms with E-state index in [4.69, 9.17) is 20.0 Å². The van der Waals surface area contributed by atoms with Crippen LogP contribution in [0.25, 0.3) is 0 Å². The first-order chi connectivity index (χ1) is 7.19. The van der Waals surface area contributed by atoms with E-state index in [0.29, 0.717) is 0 Å². The van der Waals surface area contributed by atoms with Crippen LogP contribution in [0.2, 0.25) is 0 Å². The van der Waals surface area contributed by atoms with Gasteiger partial charge in [-0.05, 0) is 0 Å². The van der Waals surface area contributed by atoms with E-state index in [1.807, 2.05) is 0 Å². The van der Waals surface area contributed by atoms with Crippen molar-refractivity contribution in [3.63, 3.8) is 0 Å². The first-order valence-corrected chi connectivity index (χ1v) is 6.00. The Morgan fingerprint density at radius 1 is 1.31 bits per heavy atom. The van der Waals surface area contributed by atoms with Crippen molar-refractivity contribution < 1.29 is 39.3 Å². The lowest BCUT2D eigenvalue weighted by Crippen LogP contribution is -2.44. The first-order valence-electron chi connectivity index (χ1n) is 4.07. The number of hydrogen-bond acceptors (Lipinski definition) is 7. The molecule has 0 fully saturated rings. The van der Waals surface area contributed by atoms with Crippen LogP contribution in [-0.4, -0.2) is 66.6 Å². The summed E-state index contributed by atoms with van der Waals surface area (Å²) in [5.41, 5.74) is 0. The van der Waals surface area contributed by atoms with Crippen LogP contribution < -0.4 is 0 Å². The van der Waals surface area contributed by atoms with Gasteiger partial charge in [0.15, 0.2) is 0 Å². The molecule has 0 amide bonds. The highest BCUT2D eigenvalue weighted by Gasteiger charge is 2.28. The van der Waals surface area contributed by atoms with Gasteiger partial charge in [0.25, 0.3) is 0 Å². The standard InChI is InChI=1S/C6H13O8PS/c7-1-3(8)5(9)6(10)4(16)2-14-15(11,12)13/h3,5-10H,1-2H2,(H2,11,12,13)/t3-,5+,6+/m0/s1. The largest absolute Gasteiger partial charge is 0.469 e. The Balaban J connectivity index is 4.23. The van der Waals surface area contributed by atoms with Gasteiger partial charge in [-0.3, -0.25) is 4.52 Å². The molecule has 0 aliphatic rings. The monoisotopic (exact) mass is 276 g/mol. The molecule has 3 atom stereocenters. The highest BCUT2D eigenvalue weighted by Crippen LogP contribution is 2.35. The summed E-state index contributed by atoms with van der Waals surface area (Å²) in [7, 11) is -4.71. The highest BCUT2D eigenvalue weighted by molar-refractivity contribution is 7.80. The van der Waals surface area contributed by atoms with E-state index in [2.05, 4.69) is 16.7 Å². The quantitative estimate of drug-likeness (QED) is 0.220. The molecule has 16 heavy (non-hydrogen) atoms. The normalized spacial score (nSPS) is 17.9. The maximum absolute atomic E-state index is 10.3. The molecule has 0 aromatic rings. The Morgan fingerprint density at radius 3 is 2.19 bits per heavy atom. The minimum atomic E-state index is -4.71. The SMILES string of the molecule is O=P(O)(O)OCC(=S)[C@@H](O)[C@H](O)[C@@H](O)CO. The van der Waals surface area contributed by atoms with Gasteiger partial charge in [0.05, 0.1) is 18.1 Å². The second-order valence-electron chi connectivity index (χ2n) is 2.92. The van der Waals surface area contributed by atoms with Crippen LogP contribution in [0.3, 0.4) is 0 Å². The molecule has 96 valence electrons. The molecule has 0 aromatic heterocycles. The van der Waals surface area contributed by atoms with Crippen molar-refractivity contribution in [2.45, 2.75) is 18.3 Å². The predicted molar refractivity (Wildman–Crippen MR) is 55.7 cm³/mol. The lowest BCUT2D eigenvalue weighted by molar-refractivity contribution is -0.0556. The summed E-state index contributed by atoms with van der Waals surface area (Å²) in [6.45, 7) is -1.55. The number of rotatable bonds is 7. The maximum Gasteiger partial charge on any atom is 0.469 e. The summed E-state index contributed by atoms with van der Waals surface area (Å²) in [5, 5.41) is 35.9. The van der Waals surface area contributed by atoms with Crippen molar-refractivity contribution in [1.82, 2.24) is 0 Å². The molecule has 0 spiro atoms. The molecule has 0 aromatic carbocycles. The summed E-state index contributed by atoms with van der Waals surface area (Å²) in [4.78, 5) is 16.3. The molecule has 8 nitrogen and oxygen atoms in total. The fourth-order valence-electron chi connectivity index (χ4n) is 0.742. The maximum atomic E-state index is 10.3. The summed E-state index contributed by atoms with van der Waals surface area (Å²) in [6.07, 6.45) is -5.09.